The lowest BCUT2D eigenvalue weighted by Gasteiger charge is -2.36. The van der Waals surface area contributed by atoms with Crippen LogP contribution in [0.4, 0.5) is 0 Å². The number of hydrogen-bond acceptors (Lipinski definition) is 2. The Morgan fingerprint density at radius 2 is 1.57 bits per heavy atom. The number of methoxy groups -OCH3 is 1. The van der Waals surface area contributed by atoms with Crippen LogP contribution in [0.5, 0.6) is 0 Å². The third-order valence-corrected chi connectivity index (χ3v) is 9.46. The van der Waals surface area contributed by atoms with Gasteiger partial charge in [-0.1, -0.05) is 60.7 Å². The number of benzene rings is 2. The van der Waals surface area contributed by atoms with Gasteiger partial charge in [0.1, 0.15) is 0 Å². The molecule has 2 aromatic carbocycles. The van der Waals surface area contributed by atoms with E-state index < -0.39 is 8.07 Å². The van der Waals surface area contributed by atoms with Crippen LogP contribution in [0.15, 0.2) is 60.7 Å². The van der Waals surface area contributed by atoms with Crippen molar-refractivity contribution in [2.75, 3.05) is 19.9 Å². The van der Waals surface area contributed by atoms with Crippen molar-refractivity contribution in [3.05, 3.63) is 60.7 Å². The van der Waals surface area contributed by atoms with Gasteiger partial charge in [-0.3, -0.25) is 0 Å². The minimum absolute atomic E-state index is 0.308. The molecule has 0 aromatic heterocycles. The summed E-state index contributed by atoms with van der Waals surface area (Å²) in [5, 5.41) is 2.81. The molecule has 1 saturated heterocycles. The van der Waals surface area contributed by atoms with Crippen molar-refractivity contribution in [2.45, 2.75) is 18.6 Å². The van der Waals surface area contributed by atoms with E-state index in [0.717, 1.165) is 25.7 Å². The van der Waals surface area contributed by atoms with Crippen molar-refractivity contribution in [1.29, 1.82) is 0 Å². The molecule has 0 N–H and O–H groups in total. The van der Waals surface area contributed by atoms with Gasteiger partial charge >= 0.3 is 0 Å². The van der Waals surface area contributed by atoms with E-state index in [9.17, 15) is 0 Å². The van der Waals surface area contributed by atoms with Crippen LogP contribution in [0, 0.1) is 0 Å². The van der Waals surface area contributed by atoms with Gasteiger partial charge in [-0.15, -0.1) is 0 Å². The van der Waals surface area contributed by atoms with Crippen molar-refractivity contribution in [3.63, 3.8) is 0 Å². The Hall–Kier alpha value is -1.42. The van der Waals surface area contributed by atoms with E-state index in [1.807, 2.05) is 7.11 Å². The first-order valence-electron chi connectivity index (χ1n) is 7.59. The minimum Gasteiger partial charge on any atom is -0.387 e. The molecule has 3 heteroatoms. The fourth-order valence-electron chi connectivity index (χ4n) is 3.46. The van der Waals surface area contributed by atoms with Crippen LogP contribution in [0.1, 0.15) is 12.8 Å². The van der Waals surface area contributed by atoms with Crippen molar-refractivity contribution in [2.24, 2.45) is 0 Å². The zero-order valence-electron chi connectivity index (χ0n) is 12.5. The molecule has 1 unspecified atom stereocenters. The Morgan fingerprint density at radius 1 is 1.00 bits per heavy atom. The molecule has 0 bridgehead atoms. The van der Waals surface area contributed by atoms with E-state index in [1.54, 1.807) is 0 Å². The van der Waals surface area contributed by atoms with Crippen LogP contribution >= 0.6 is 0 Å². The van der Waals surface area contributed by atoms with Crippen molar-refractivity contribution in [1.82, 2.24) is 0 Å². The van der Waals surface area contributed by atoms with Gasteiger partial charge in [-0.2, -0.15) is 0 Å². The smallest absolute Gasteiger partial charge is 0.175 e. The molecule has 2 nitrogen and oxygen atoms in total. The van der Waals surface area contributed by atoms with Crippen LogP contribution in [-0.4, -0.2) is 33.7 Å². The van der Waals surface area contributed by atoms with Gasteiger partial charge in [0, 0.05) is 13.7 Å². The zero-order valence-corrected chi connectivity index (χ0v) is 13.5. The quantitative estimate of drug-likeness (QED) is 0.788. The van der Waals surface area contributed by atoms with Gasteiger partial charge in [0.15, 0.2) is 8.07 Å². The lowest BCUT2D eigenvalue weighted by molar-refractivity contribution is 0.153. The van der Waals surface area contributed by atoms with Gasteiger partial charge in [0.25, 0.3) is 0 Å². The highest BCUT2D eigenvalue weighted by molar-refractivity contribution is 7.03. The van der Waals surface area contributed by atoms with Crippen LogP contribution in [0.25, 0.3) is 0 Å². The molecule has 1 atom stereocenters. The Balaban J connectivity index is 2.15. The maximum atomic E-state index is 6.16. The molecule has 0 amide bonds. The average Bonchev–Trinajstić information content (AvgIpc) is 3.09. The van der Waals surface area contributed by atoms with Gasteiger partial charge in [0.05, 0.1) is 12.0 Å². The summed E-state index contributed by atoms with van der Waals surface area (Å²) in [6, 6.07) is 21.7. The monoisotopic (exact) mass is 298 g/mol. The van der Waals surface area contributed by atoms with E-state index >= 15 is 0 Å². The average molecular weight is 298 g/mol. The van der Waals surface area contributed by atoms with E-state index in [1.165, 1.54) is 10.4 Å². The van der Waals surface area contributed by atoms with Crippen molar-refractivity contribution >= 4 is 18.4 Å². The molecular weight excluding hydrogens is 276 g/mol. The summed E-state index contributed by atoms with van der Waals surface area (Å²) in [4.78, 5) is 0. The third-order valence-electron chi connectivity index (χ3n) is 4.43. The third kappa shape index (κ3) is 2.69. The first-order chi connectivity index (χ1) is 10.4. The molecule has 0 saturated carbocycles. The fraction of sp³-hybridized carbons (Fsp3) is 0.333. The predicted octanol–water partition coefficient (Wildman–Crippen LogP) is 2.15. The predicted molar refractivity (Wildman–Crippen MR) is 88.8 cm³/mol. The van der Waals surface area contributed by atoms with Crippen LogP contribution in [-0.2, 0) is 9.47 Å². The second-order valence-electron chi connectivity index (χ2n) is 5.64. The summed E-state index contributed by atoms with van der Waals surface area (Å²) in [6.07, 6.45) is 3.06. The van der Waals surface area contributed by atoms with E-state index in [2.05, 4.69) is 60.7 Å². The van der Waals surface area contributed by atoms with Gasteiger partial charge in [-0.25, -0.2) is 0 Å². The largest absolute Gasteiger partial charge is 0.387 e. The maximum Gasteiger partial charge on any atom is 0.175 e. The zero-order chi connectivity index (χ0) is 14.5. The van der Waals surface area contributed by atoms with Gasteiger partial charge in [0.2, 0.25) is 0 Å². The molecule has 21 heavy (non-hydrogen) atoms. The summed E-state index contributed by atoms with van der Waals surface area (Å²) in [5.41, 5.74) is 0.308. The Bertz CT molecular complexity index is 510. The van der Waals surface area contributed by atoms with Gasteiger partial charge < -0.3 is 9.47 Å². The molecule has 3 rings (SSSR count). The first-order valence-corrected chi connectivity index (χ1v) is 9.88. The van der Waals surface area contributed by atoms with Crippen molar-refractivity contribution < 1.29 is 9.47 Å². The van der Waals surface area contributed by atoms with E-state index in [4.69, 9.17) is 9.47 Å². The molecule has 2 aromatic rings. The second-order valence-corrected chi connectivity index (χ2v) is 9.67. The summed E-state index contributed by atoms with van der Waals surface area (Å²) in [7, 11) is -0.251. The number of hydrogen-bond donors (Lipinski definition) is 0. The lowest BCUT2D eigenvalue weighted by Crippen LogP contribution is -2.69. The number of rotatable bonds is 5. The molecule has 1 fully saturated rings. The standard InChI is InChI=1S/C18H22O2Si/c1-19-15-21(18-13-8-14-20-18,16-9-4-2-5-10-16)17-11-6-3-7-12-17/h2-7,9-12,18H,8,13-15H2,1H3. The van der Waals surface area contributed by atoms with Gasteiger partial charge in [-0.05, 0) is 23.2 Å². The van der Waals surface area contributed by atoms with Crippen molar-refractivity contribution in [3.8, 4) is 0 Å². The Morgan fingerprint density at radius 3 is 2.00 bits per heavy atom. The van der Waals surface area contributed by atoms with Crippen LogP contribution in [0.3, 0.4) is 0 Å². The molecule has 1 aliphatic heterocycles. The second kappa shape index (κ2) is 6.56. The highest BCUT2D eigenvalue weighted by Crippen LogP contribution is 2.23. The molecule has 0 radical (unpaired) electrons. The minimum atomic E-state index is -2.06. The fourth-order valence-corrected chi connectivity index (χ4v) is 8.19. The molecule has 0 aliphatic carbocycles. The highest BCUT2D eigenvalue weighted by atomic mass is 28.3. The summed E-state index contributed by atoms with van der Waals surface area (Å²) in [6.45, 7) is 0.878. The normalized spacial score (nSPS) is 18.8. The summed E-state index contributed by atoms with van der Waals surface area (Å²) < 4.78 is 11.9. The van der Waals surface area contributed by atoms with Crippen LogP contribution < -0.4 is 10.4 Å². The van der Waals surface area contributed by atoms with E-state index in [-0.39, 0.29) is 0 Å². The molecular formula is C18H22O2Si. The number of ether oxygens (including phenoxy) is 2. The first kappa shape index (κ1) is 14.5. The Kier molecular flexibility index (Phi) is 4.53. The molecule has 1 aliphatic rings. The van der Waals surface area contributed by atoms with E-state index in [0.29, 0.717) is 5.73 Å². The lowest BCUT2D eigenvalue weighted by atomic mass is 10.4. The SMILES string of the molecule is COC[Si](c1ccccc1)(c1ccccc1)C1CCCO1. The maximum absolute atomic E-state index is 6.16. The summed E-state index contributed by atoms with van der Waals surface area (Å²) in [5.74, 6) is 0. The Labute approximate surface area is 127 Å². The summed E-state index contributed by atoms with van der Waals surface area (Å²) >= 11 is 0. The van der Waals surface area contributed by atoms with Crippen LogP contribution in [0.2, 0.25) is 0 Å². The molecule has 110 valence electrons. The highest BCUT2D eigenvalue weighted by Gasteiger charge is 2.47. The molecule has 0 spiro atoms. The topological polar surface area (TPSA) is 18.5 Å². The molecule has 1 heterocycles.